The van der Waals surface area contributed by atoms with E-state index in [0.29, 0.717) is 25.0 Å². The van der Waals surface area contributed by atoms with Gasteiger partial charge in [-0.1, -0.05) is 0 Å². The molecule has 21 heavy (non-hydrogen) atoms. The van der Waals surface area contributed by atoms with Gasteiger partial charge in [0, 0.05) is 18.5 Å². The van der Waals surface area contributed by atoms with E-state index >= 15 is 0 Å². The van der Waals surface area contributed by atoms with Crippen LogP contribution in [0.3, 0.4) is 0 Å². The molecule has 116 valence electrons. The van der Waals surface area contributed by atoms with Crippen molar-refractivity contribution < 1.29 is 24.2 Å². The molecule has 1 aromatic rings. The molecule has 0 aliphatic rings. The van der Waals surface area contributed by atoms with Crippen LogP contribution in [0, 0.1) is 0 Å². The Labute approximate surface area is 124 Å². The second kappa shape index (κ2) is 8.94. The molecule has 0 unspecified atom stereocenters. The SMILES string of the molecule is COC(=O)CCCCc1ccc(O)c(CCC(=O)OC)n1. The molecule has 1 aromatic heterocycles. The normalized spacial score (nSPS) is 10.2. The van der Waals surface area contributed by atoms with Crippen molar-refractivity contribution in [3.8, 4) is 5.75 Å². The van der Waals surface area contributed by atoms with E-state index in [4.69, 9.17) is 0 Å². The first-order chi connectivity index (χ1) is 10.1. The highest BCUT2D eigenvalue weighted by Gasteiger charge is 2.08. The number of aromatic nitrogens is 1. The highest BCUT2D eigenvalue weighted by atomic mass is 16.5. The van der Waals surface area contributed by atoms with Crippen molar-refractivity contribution in [2.75, 3.05) is 14.2 Å². The zero-order chi connectivity index (χ0) is 15.7. The molecule has 6 heteroatoms. The van der Waals surface area contributed by atoms with Gasteiger partial charge in [0.1, 0.15) is 5.75 Å². The Morgan fingerprint density at radius 3 is 2.38 bits per heavy atom. The van der Waals surface area contributed by atoms with Crippen LogP contribution in [-0.2, 0) is 31.9 Å². The van der Waals surface area contributed by atoms with Crippen molar-refractivity contribution in [2.24, 2.45) is 0 Å². The summed E-state index contributed by atoms with van der Waals surface area (Å²) in [5, 5.41) is 9.72. The van der Waals surface area contributed by atoms with Gasteiger partial charge < -0.3 is 14.6 Å². The minimum Gasteiger partial charge on any atom is -0.506 e. The average molecular weight is 295 g/mol. The molecular formula is C15H21NO5. The summed E-state index contributed by atoms with van der Waals surface area (Å²) >= 11 is 0. The van der Waals surface area contributed by atoms with Gasteiger partial charge in [-0.2, -0.15) is 0 Å². The zero-order valence-corrected chi connectivity index (χ0v) is 12.4. The number of methoxy groups -OCH3 is 2. The summed E-state index contributed by atoms with van der Waals surface area (Å²) in [4.78, 5) is 26.4. The second-order valence-corrected chi connectivity index (χ2v) is 4.63. The van der Waals surface area contributed by atoms with Gasteiger partial charge in [0.05, 0.1) is 26.3 Å². The first-order valence-corrected chi connectivity index (χ1v) is 6.88. The smallest absolute Gasteiger partial charge is 0.305 e. The van der Waals surface area contributed by atoms with Gasteiger partial charge in [-0.15, -0.1) is 0 Å². The number of aryl methyl sites for hydroxylation is 2. The summed E-state index contributed by atoms with van der Waals surface area (Å²) in [5.74, 6) is -0.468. The van der Waals surface area contributed by atoms with Gasteiger partial charge in [-0.3, -0.25) is 14.6 Å². The molecule has 1 rings (SSSR count). The fourth-order valence-corrected chi connectivity index (χ4v) is 1.86. The summed E-state index contributed by atoms with van der Waals surface area (Å²) in [7, 11) is 2.70. The highest BCUT2D eigenvalue weighted by molar-refractivity contribution is 5.69. The number of hydrogen-bond acceptors (Lipinski definition) is 6. The lowest BCUT2D eigenvalue weighted by Crippen LogP contribution is -2.04. The Hall–Kier alpha value is -2.11. The molecule has 6 nitrogen and oxygen atoms in total. The molecule has 0 atom stereocenters. The number of nitrogens with zero attached hydrogens (tertiary/aromatic N) is 1. The van der Waals surface area contributed by atoms with E-state index in [1.807, 2.05) is 0 Å². The number of unbranched alkanes of at least 4 members (excludes halogenated alkanes) is 1. The maximum absolute atomic E-state index is 11.1. The van der Waals surface area contributed by atoms with Crippen molar-refractivity contribution in [3.63, 3.8) is 0 Å². The van der Waals surface area contributed by atoms with Crippen molar-refractivity contribution in [3.05, 3.63) is 23.5 Å². The first-order valence-electron chi connectivity index (χ1n) is 6.88. The van der Waals surface area contributed by atoms with Crippen LogP contribution in [0.4, 0.5) is 0 Å². The van der Waals surface area contributed by atoms with Crippen molar-refractivity contribution in [1.29, 1.82) is 0 Å². The molecule has 0 aromatic carbocycles. The molecular weight excluding hydrogens is 274 g/mol. The Morgan fingerprint density at radius 1 is 1.05 bits per heavy atom. The van der Waals surface area contributed by atoms with E-state index in [-0.39, 0.29) is 24.1 Å². The minimum atomic E-state index is -0.334. The largest absolute Gasteiger partial charge is 0.506 e. The Bertz CT molecular complexity index is 487. The lowest BCUT2D eigenvalue weighted by atomic mass is 10.1. The Morgan fingerprint density at radius 2 is 1.71 bits per heavy atom. The third kappa shape index (κ3) is 6.25. The topological polar surface area (TPSA) is 85.7 Å². The maximum Gasteiger partial charge on any atom is 0.305 e. The number of hydrogen-bond donors (Lipinski definition) is 1. The summed E-state index contributed by atoms with van der Waals surface area (Å²) in [6.45, 7) is 0. The van der Waals surface area contributed by atoms with E-state index in [9.17, 15) is 14.7 Å². The van der Waals surface area contributed by atoms with Gasteiger partial charge in [-0.05, 0) is 31.4 Å². The molecule has 1 N–H and O–H groups in total. The molecule has 0 bridgehead atoms. The van der Waals surface area contributed by atoms with Crippen molar-refractivity contribution >= 4 is 11.9 Å². The van der Waals surface area contributed by atoms with Crippen LogP contribution < -0.4 is 0 Å². The lowest BCUT2D eigenvalue weighted by Gasteiger charge is -2.06. The molecule has 0 saturated carbocycles. The quantitative estimate of drug-likeness (QED) is 0.581. The first kappa shape index (κ1) is 16.9. The predicted octanol–water partition coefficient (Wildman–Crippen LogP) is 1.78. The monoisotopic (exact) mass is 295 g/mol. The van der Waals surface area contributed by atoms with Crippen LogP contribution in [-0.4, -0.2) is 36.2 Å². The minimum absolute atomic E-state index is 0.0808. The molecule has 0 fully saturated rings. The Balaban J connectivity index is 2.48. The number of ether oxygens (including phenoxy) is 2. The standard InChI is InChI=1S/C15H21NO5/c1-20-14(18)6-4-3-5-11-7-9-13(17)12(16-11)8-10-15(19)21-2/h7,9,17H,3-6,8,10H2,1-2H3. The third-order valence-corrected chi connectivity index (χ3v) is 3.09. The average Bonchev–Trinajstić information content (AvgIpc) is 2.50. The predicted molar refractivity (Wildman–Crippen MR) is 75.8 cm³/mol. The molecule has 0 amide bonds. The van der Waals surface area contributed by atoms with Gasteiger partial charge in [0.15, 0.2) is 0 Å². The summed E-state index contributed by atoms with van der Waals surface area (Å²) in [6, 6.07) is 3.32. The zero-order valence-electron chi connectivity index (χ0n) is 12.4. The third-order valence-electron chi connectivity index (χ3n) is 3.09. The van der Waals surface area contributed by atoms with Gasteiger partial charge >= 0.3 is 11.9 Å². The fraction of sp³-hybridized carbons (Fsp3) is 0.533. The van der Waals surface area contributed by atoms with Gasteiger partial charge in [-0.25, -0.2) is 0 Å². The van der Waals surface area contributed by atoms with Crippen LogP contribution in [0.5, 0.6) is 5.75 Å². The Kier molecular flexibility index (Phi) is 7.21. The van der Waals surface area contributed by atoms with Gasteiger partial charge in [0.25, 0.3) is 0 Å². The second-order valence-electron chi connectivity index (χ2n) is 4.63. The molecule has 1 heterocycles. The van der Waals surface area contributed by atoms with E-state index < -0.39 is 0 Å². The van der Waals surface area contributed by atoms with Gasteiger partial charge in [0.2, 0.25) is 0 Å². The van der Waals surface area contributed by atoms with E-state index in [2.05, 4.69) is 14.5 Å². The summed E-state index contributed by atoms with van der Waals surface area (Å²) in [5.41, 5.74) is 1.32. The lowest BCUT2D eigenvalue weighted by molar-refractivity contribution is -0.141. The maximum atomic E-state index is 11.1. The van der Waals surface area contributed by atoms with Crippen molar-refractivity contribution in [2.45, 2.75) is 38.5 Å². The number of aromatic hydroxyl groups is 1. The van der Waals surface area contributed by atoms with Crippen LogP contribution in [0.25, 0.3) is 0 Å². The van der Waals surface area contributed by atoms with Crippen LogP contribution >= 0.6 is 0 Å². The van der Waals surface area contributed by atoms with E-state index in [1.54, 1.807) is 12.1 Å². The highest BCUT2D eigenvalue weighted by Crippen LogP contribution is 2.18. The van der Waals surface area contributed by atoms with Crippen molar-refractivity contribution in [1.82, 2.24) is 4.98 Å². The van der Waals surface area contributed by atoms with Crippen LogP contribution in [0.2, 0.25) is 0 Å². The number of esters is 2. The number of carbonyl (C=O) groups excluding carboxylic acids is 2. The number of carbonyl (C=O) groups is 2. The van der Waals surface area contributed by atoms with Crippen LogP contribution in [0.15, 0.2) is 12.1 Å². The summed E-state index contributed by atoms with van der Waals surface area (Å²) < 4.78 is 9.13. The molecule has 0 aliphatic carbocycles. The summed E-state index contributed by atoms with van der Waals surface area (Å²) in [6.07, 6.45) is 3.17. The fourth-order valence-electron chi connectivity index (χ4n) is 1.86. The molecule has 0 aliphatic heterocycles. The molecule has 0 radical (unpaired) electrons. The van der Waals surface area contributed by atoms with Crippen LogP contribution in [0.1, 0.15) is 37.1 Å². The number of rotatable bonds is 8. The van der Waals surface area contributed by atoms with E-state index in [0.717, 1.165) is 18.5 Å². The molecule has 0 spiro atoms. The number of pyridine rings is 1. The van der Waals surface area contributed by atoms with E-state index in [1.165, 1.54) is 14.2 Å². The molecule has 0 saturated heterocycles.